The number of carbonyl (C=O) groups excluding carboxylic acids is 1. The summed E-state index contributed by atoms with van der Waals surface area (Å²) in [6, 6.07) is 10.1. The SMILES string of the molecule is Nc1n[nH]c2ccc(-c3ccnc4[nH]c(C(=O)NC5CCCCC5)cc34)cc12. The first-order chi connectivity index (χ1) is 13.7. The van der Waals surface area contributed by atoms with E-state index >= 15 is 0 Å². The van der Waals surface area contributed by atoms with Crippen LogP contribution in [0.25, 0.3) is 33.1 Å². The van der Waals surface area contributed by atoms with Crippen LogP contribution in [0.2, 0.25) is 0 Å². The highest BCUT2D eigenvalue weighted by Gasteiger charge is 2.19. The number of H-pyrrole nitrogens is 2. The minimum Gasteiger partial charge on any atom is -0.382 e. The molecule has 3 heterocycles. The van der Waals surface area contributed by atoms with Gasteiger partial charge >= 0.3 is 0 Å². The molecule has 28 heavy (non-hydrogen) atoms. The molecular formula is C21H22N6O. The zero-order valence-electron chi connectivity index (χ0n) is 15.5. The van der Waals surface area contributed by atoms with E-state index in [0.717, 1.165) is 40.3 Å². The lowest BCUT2D eigenvalue weighted by Crippen LogP contribution is -2.36. The fourth-order valence-corrected chi connectivity index (χ4v) is 4.11. The summed E-state index contributed by atoms with van der Waals surface area (Å²) in [5, 5.41) is 11.9. The van der Waals surface area contributed by atoms with Gasteiger partial charge in [-0.2, -0.15) is 5.10 Å². The van der Waals surface area contributed by atoms with E-state index in [9.17, 15) is 4.79 Å². The van der Waals surface area contributed by atoms with Gasteiger partial charge in [0.15, 0.2) is 5.82 Å². The zero-order valence-corrected chi connectivity index (χ0v) is 15.5. The second-order valence-electron chi connectivity index (χ2n) is 7.48. The van der Waals surface area contributed by atoms with Crippen molar-refractivity contribution in [2.24, 2.45) is 0 Å². The average Bonchev–Trinajstić information content (AvgIpc) is 3.32. The predicted molar refractivity (Wildman–Crippen MR) is 110 cm³/mol. The molecule has 4 aromatic rings. The van der Waals surface area contributed by atoms with Gasteiger partial charge in [0.1, 0.15) is 11.3 Å². The lowest BCUT2D eigenvalue weighted by atomic mass is 9.95. The van der Waals surface area contributed by atoms with Crippen LogP contribution in [0.5, 0.6) is 0 Å². The number of nitrogens with one attached hydrogen (secondary N) is 3. The topological polar surface area (TPSA) is 112 Å². The molecule has 1 aliphatic carbocycles. The third kappa shape index (κ3) is 2.89. The maximum absolute atomic E-state index is 12.7. The number of hydrogen-bond acceptors (Lipinski definition) is 4. The van der Waals surface area contributed by atoms with E-state index in [1.807, 2.05) is 30.3 Å². The molecule has 5 N–H and O–H groups in total. The molecule has 1 aliphatic rings. The maximum atomic E-state index is 12.7. The van der Waals surface area contributed by atoms with E-state index in [1.54, 1.807) is 6.20 Å². The summed E-state index contributed by atoms with van der Waals surface area (Å²) in [6.07, 6.45) is 7.49. The van der Waals surface area contributed by atoms with Gasteiger partial charge in [0, 0.05) is 23.0 Å². The Morgan fingerprint density at radius 3 is 2.82 bits per heavy atom. The summed E-state index contributed by atoms with van der Waals surface area (Å²) in [4.78, 5) is 20.3. The van der Waals surface area contributed by atoms with Crippen LogP contribution < -0.4 is 11.1 Å². The molecular weight excluding hydrogens is 352 g/mol. The summed E-state index contributed by atoms with van der Waals surface area (Å²) in [7, 11) is 0. The minimum atomic E-state index is -0.0645. The molecule has 1 fully saturated rings. The fourth-order valence-electron chi connectivity index (χ4n) is 4.11. The van der Waals surface area contributed by atoms with Crippen molar-refractivity contribution in [2.45, 2.75) is 38.1 Å². The second kappa shape index (κ2) is 6.67. The predicted octanol–water partition coefficient (Wildman–Crippen LogP) is 3.75. The summed E-state index contributed by atoms with van der Waals surface area (Å²) >= 11 is 0. The van der Waals surface area contributed by atoms with Crippen molar-refractivity contribution in [3.05, 3.63) is 42.2 Å². The number of benzene rings is 1. The van der Waals surface area contributed by atoms with Gasteiger partial charge in [0.05, 0.1) is 5.52 Å². The van der Waals surface area contributed by atoms with E-state index in [0.29, 0.717) is 17.2 Å². The molecule has 5 rings (SSSR count). The number of nitrogen functional groups attached to an aromatic ring is 1. The van der Waals surface area contributed by atoms with E-state index in [1.165, 1.54) is 19.3 Å². The number of carbonyl (C=O) groups is 1. The monoisotopic (exact) mass is 374 g/mol. The van der Waals surface area contributed by atoms with Crippen molar-refractivity contribution >= 4 is 33.7 Å². The molecule has 1 amide bonds. The number of aromatic nitrogens is 4. The third-order valence-electron chi connectivity index (χ3n) is 5.62. The van der Waals surface area contributed by atoms with Crippen LogP contribution in [0.1, 0.15) is 42.6 Å². The van der Waals surface area contributed by atoms with Crippen molar-refractivity contribution < 1.29 is 4.79 Å². The smallest absolute Gasteiger partial charge is 0.267 e. The van der Waals surface area contributed by atoms with E-state index in [-0.39, 0.29) is 11.9 Å². The van der Waals surface area contributed by atoms with Crippen LogP contribution in [0, 0.1) is 0 Å². The fraction of sp³-hybridized carbons (Fsp3) is 0.286. The van der Waals surface area contributed by atoms with Gasteiger partial charge in [-0.25, -0.2) is 4.98 Å². The molecule has 0 unspecified atom stereocenters. The highest BCUT2D eigenvalue weighted by atomic mass is 16.1. The van der Waals surface area contributed by atoms with Crippen LogP contribution >= 0.6 is 0 Å². The van der Waals surface area contributed by atoms with E-state index in [4.69, 9.17) is 5.73 Å². The first-order valence-electron chi connectivity index (χ1n) is 9.71. The Labute approximate surface area is 161 Å². The van der Waals surface area contributed by atoms with E-state index < -0.39 is 0 Å². The van der Waals surface area contributed by atoms with Gasteiger partial charge < -0.3 is 16.0 Å². The Bertz CT molecular complexity index is 1170. The number of nitrogens with two attached hydrogens (primary N) is 1. The quantitative estimate of drug-likeness (QED) is 0.437. The van der Waals surface area contributed by atoms with Crippen LogP contribution in [-0.2, 0) is 0 Å². The van der Waals surface area contributed by atoms with Crippen LogP contribution in [0.15, 0.2) is 36.5 Å². The Balaban J connectivity index is 1.51. The zero-order chi connectivity index (χ0) is 19.1. The Morgan fingerprint density at radius 2 is 1.96 bits per heavy atom. The lowest BCUT2D eigenvalue weighted by Gasteiger charge is -2.22. The first kappa shape index (κ1) is 16.8. The Morgan fingerprint density at radius 1 is 1.11 bits per heavy atom. The van der Waals surface area contributed by atoms with Crippen molar-refractivity contribution in [1.29, 1.82) is 0 Å². The highest BCUT2D eigenvalue weighted by molar-refractivity contribution is 6.03. The maximum Gasteiger partial charge on any atom is 0.267 e. The van der Waals surface area contributed by atoms with Gasteiger partial charge in [0.25, 0.3) is 5.91 Å². The molecule has 3 aromatic heterocycles. The van der Waals surface area contributed by atoms with Crippen molar-refractivity contribution in [3.8, 4) is 11.1 Å². The number of hydrogen-bond donors (Lipinski definition) is 4. The molecule has 0 atom stereocenters. The molecule has 7 nitrogen and oxygen atoms in total. The molecule has 0 bridgehead atoms. The van der Waals surface area contributed by atoms with Crippen molar-refractivity contribution in [2.75, 3.05) is 5.73 Å². The van der Waals surface area contributed by atoms with Crippen molar-refractivity contribution in [1.82, 2.24) is 25.5 Å². The molecule has 0 spiro atoms. The van der Waals surface area contributed by atoms with Gasteiger partial charge in [-0.1, -0.05) is 25.3 Å². The van der Waals surface area contributed by atoms with Gasteiger partial charge in [0.2, 0.25) is 0 Å². The second-order valence-corrected chi connectivity index (χ2v) is 7.48. The number of pyridine rings is 1. The molecule has 0 radical (unpaired) electrons. The summed E-state index contributed by atoms with van der Waals surface area (Å²) in [5.74, 6) is 0.411. The number of nitrogens with zero attached hydrogens (tertiary/aromatic N) is 2. The number of aromatic amines is 2. The van der Waals surface area contributed by atoms with Gasteiger partial charge in [-0.05, 0) is 48.2 Å². The van der Waals surface area contributed by atoms with E-state index in [2.05, 4.69) is 25.5 Å². The highest BCUT2D eigenvalue weighted by Crippen LogP contribution is 2.31. The molecule has 0 saturated heterocycles. The largest absolute Gasteiger partial charge is 0.382 e. The van der Waals surface area contributed by atoms with Crippen molar-refractivity contribution in [3.63, 3.8) is 0 Å². The number of anilines is 1. The molecule has 7 heteroatoms. The summed E-state index contributed by atoms with van der Waals surface area (Å²) < 4.78 is 0. The Hall–Kier alpha value is -3.35. The molecule has 0 aliphatic heterocycles. The summed E-state index contributed by atoms with van der Waals surface area (Å²) in [6.45, 7) is 0. The van der Waals surface area contributed by atoms with Gasteiger partial charge in [-0.3, -0.25) is 9.89 Å². The molecule has 1 aromatic carbocycles. The van der Waals surface area contributed by atoms with Crippen LogP contribution in [0.3, 0.4) is 0 Å². The summed E-state index contributed by atoms with van der Waals surface area (Å²) in [5.41, 5.74) is 10.1. The standard InChI is InChI=1S/C21H22N6O/c22-19-16-10-12(6-7-17(16)26-27-19)14-8-9-23-20-15(14)11-18(25-20)21(28)24-13-4-2-1-3-5-13/h6-11,13H,1-5H2,(H,23,25)(H,24,28)(H3,22,26,27). The van der Waals surface area contributed by atoms with Gasteiger partial charge in [-0.15, -0.1) is 0 Å². The Kier molecular flexibility index (Phi) is 4.00. The molecule has 1 saturated carbocycles. The van der Waals surface area contributed by atoms with Crippen LogP contribution in [0.4, 0.5) is 5.82 Å². The minimum absolute atomic E-state index is 0.0645. The molecule has 142 valence electrons. The first-order valence-corrected chi connectivity index (χ1v) is 9.71. The average molecular weight is 374 g/mol. The number of fused-ring (bicyclic) bond motifs is 2. The number of amides is 1. The van der Waals surface area contributed by atoms with Crippen LogP contribution in [-0.4, -0.2) is 32.1 Å². The lowest BCUT2D eigenvalue weighted by molar-refractivity contribution is 0.0923. The normalized spacial score (nSPS) is 15.3. The number of rotatable bonds is 3. The third-order valence-corrected chi connectivity index (χ3v) is 5.62.